The summed E-state index contributed by atoms with van der Waals surface area (Å²) >= 11 is 0. The highest BCUT2D eigenvalue weighted by Crippen LogP contribution is 2.21. The number of benzene rings is 2. The van der Waals surface area contributed by atoms with Crippen molar-refractivity contribution < 1.29 is 38.9 Å². The van der Waals surface area contributed by atoms with Crippen molar-refractivity contribution in [2.75, 3.05) is 11.5 Å². The van der Waals surface area contributed by atoms with Gasteiger partial charge in [0.15, 0.2) is 0 Å². The molecule has 0 unspecified atom stereocenters. The number of nitrogens with two attached hydrogens (primary N) is 2. The zero-order valence-corrected chi connectivity index (χ0v) is 15.2. The van der Waals surface area contributed by atoms with Gasteiger partial charge in [-0.3, -0.25) is 13.7 Å². The van der Waals surface area contributed by atoms with Crippen molar-refractivity contribution in [1.29, 1.82) is 0 Å². The highest BCUT2D eigenvalue weighted by atomic mass is 32.2. The number of rotatable bonds is 3. The summed E-state index contributed by atoms with van der Waals surface area (Å²) in [6.45, 7) is 0. The average molecular weight is 426 g/mol. The molecule has 0 aliphatic carbocycles. The van der Waals surface area contributed by atoms with E-state index in [1.165, 1.54) is 24.3 Å². The van der Waals surface area contributed by atoms with E-state index in [-0.39, 0.29) is 10.6 Å². The summed E-state index contributed by atoms with van der Waals surface area (Å²) in [7, 11) is -13.2. The van der Waals surface area contributed by atoms with Gasteiger partial charge in [-0.25, -0.2) is 0 Å². The predicted molar refractivity (Wildman–Crippen MR) is 91.2 cm³/mol. The Kier molecular flexibility index (Phi) is 6.35. The summed E-state index contributed by atoms with van der Waals surface area (Å²) in [5.74, 6) is 0. The first-order valence-corrected chi connectivity index (χ1v) is 10.6. The van der Waals surface area contributed by atoms with Gasteiger partial charge in [0.25, 0.3) is 30.4 Å². The van der Waals surface area contributed by atoms with Crippen LogP contribution in [0.4, 0.5) is 11.4 Å². The van der Waals surface area contributed by atoms with E-state index < -0.39 is 40.1 Å². The van der Waals surface area contributed by atoms with Gasteiger partial charge in [-0.05, 0) is 42.5 Å². The van der Waals surface area contributed by atoms with Crippen LogP contribution in [-0.2, 0) is 30.4 Å². The molecule has 26 heavy (non-hydrogen) atoms. The minimum Gasteiger partial charge on any atom is -0.399 e. The quantitative estimate of drug-likeness (QED) is 0.331. The highest BCUT2D eigenvalue weighted by molar-refractivity contribution is 7.86. The smallest absolute Gasteiger partial charge is 0.296 e. The summed E-state index contributed by atoms with van der Waals surface area (Å²) in [5.41, 5.74) is 10.6. The second-order valence-corrected chi connectivity index (χ2v) is 8.93. The van der Waals surface area contributed by atoms with Crippen molar-refractivity contribution in [1.82, 2.24) is 0 Å². The fraction of sp³-hybridized carbons (Fsp3) is 0. The first kappa shape index (κ1) is 21.8. The minimum absolute atomic E-state index is 0.147. The lowest BCUT2D eigenvalue weighted by atomic mass is 10.3. The van der Waals surface area contributed by atoms with E-state index in [0.717, 1.165) is 12.1 Å². The second kappa shape index (κ2) is 7.56. The largest absolute Gasteiger partial charge is 0.399 e. The molecule has 0 heterocycles. The van der Waals surface area contributed by atoms with Crippen molar-refractivity contribution in [2.24, 2.45) is 0 Å². The normalized spacial score (nSPS) is 12.1. The summed E-state index contributed by atoms with van der Waals surface area (Å²) in [6, 6.07) is 7.73. The van der Waals surface area contributed by atoms with Crippen molar-refractivity contribution in [2.45, 2.75) is 14.7 Å². The van der Waals surface area contributed by atoms with Gasteiger partial charge in [0.05, 0.1) is 15.5 Å². The topological polar surface area (TPSA) is 215 Å². The molecule has 0 aliphatic rings. The Hall–Kier alpha value is -2.23. The van der Waals surface area contributed by atoms with E-state index >= 15 is 0 Å². The van der Waals surface area contributed by atoms with Gasteiger partial charge >= 0.3 is 0 Å². The molecule has 11 nitrogen and oxygen atoms in total. The van der Waals surface area contributed by atoms with Crippen LogP contribution in [0, 0.1) is 0 Å². The third-order valence-corrected chi connectivity index (χ3v) is 5.37. The lowest BCUT2D eigenvalue weighted by molar-refractivity contribution is 0.479. The van der Waals surface area contributed by atoms with Crippen LogP contribution in [0.3, 0.4) is 0 Å². The SMILES string of the molecule is Nc1ccc(S(=O)(=O)O)cc1.Nc1ccc(S(=O)(=O)O)cc1S(=O)(=O)O. The first-order chi connectivity index (χ1) is 11.6. The van der Waals surface area contributed by atoms with Crippen LogP contribution in [0.5, 0.6) is 0 Å². The van der Waals surface area contributed by atoms with Crippen LogP contribution in [-0.4, -0.2) is 38.9 Å². The zero-order chi connectivity index (χ0) is 20.3. The highest BCUT2D eigenvalue weighted by Gasteiger charge is 2.18. The molecule has 2 rings (SSSR count). The maximum atomic E-state index is 10.7. The Morgan fingerprint density at radius 1 is 0.615 bits per heavy atom. The van der Waals surface area contributed by atoms with E-state index in [0.29, 0.717) is 11.8 Å². The number of nitrogen functional groups attached to an aromatic ring is 2. The summed E-state index contributed by atoms with van der Waals surface area (Å²) in [6.07, 6.45) is 0. The molecule has 0 fully saturated rings. The van der Waals surface area contributed by atoms with Gasteiger partial charge in [0.2, 0.25) is 0 Å². The Morgan fingerprint density at radius 2 is 1.04 bits per heavy atom. The third-order valence-electron chi connectivity index (χ3n) is 2.74. The predicted octanol–water partition coefficient (Wildman–Crippen LogP) is 0.278. The Balaban J connectivity index is 0.000000273. The number of anilines is 2. The van der Waals surface area contributed by atoms with Crippen LogP contribution >= 0.6 is 0 Å². The maximum Gasteiger partial charge on any atom is 0.296 e. The van der Waals surface area contributed by atoms with Gasteiger partial charge < -0.3 is 11.5 Å². The first-order valence-electron chi connectivity index (χ1n) is 6.30. The average Bonchev–Trinajstić information content (AvgIpc) is 2.45. The molecule has 2 aromatic rings. The standard InChI is InChI=1S/C6H7NO6S2.C6H7NO3S/c7-5-2-1-4(14(8,9)10)3-6(5)15(11,12)13;7-5-1-3-6(4-2-5)11(8,9)10/h1-3H,7H2,(H,8,9,10)(H,11,12,13);1-4H,7H2,(H,8,9,10). The van der Waals surface area contributed by atoms with Crippen molar-refractivity contribution >= 4 is 41.7 Å². The summed E-state index contributed by atoms with van der Waals surface area (Å²) in [5, 5.41) is 0. The molecular weight excluding hydrogens is 412 g/mol. The van der Waals surface area contributed by atoms with Gasteiger partial charge in [0.1, 0.15) is 4.90 Å². The third kappa shape index (κ3) is 6.25. The Labute approximate surface area is 149 Å². The monoisotopic (exact) mass is 426 g/mol. The fourth-order valence-corrected chi connectivity index (χ4v) is 3.24. The Morgan fingerprint density at radius 3 is 1.42 bits per heavy atom. The Bertz CT molecular complexity index is 1110. The number of hydrogen-bond acceptors (Lipinski definition) is 8. The van der Waals surface area contributed by atoms with E-state index in [9.17, 15) is 25.3 Å². The molecule has 0 atom stereocenters. The molecule has 14 heteroatoms. The van der Waals surface area contributed by atoms with Crippen molar-refractivity contribution in [3.05, 3.63) is 42.5 Å². The van der Waals surface area contributed by atoms with Gasteiger partial charge in [0, 0.05) is 5.69 Å². The van der Waals surface area contributed by atoms with E-state index in [4.69, 9.17) is 25.1 Å². The van der Waals surface area contributed by atoms with Crippen molar-refractivity contribution in [3.63, 3.8) is 0 Å². The molecule has 0 spiro atoms. The molecule has 7 N–H and O–H groups in total. The molecular formula is C12H14N2O9S3. The molecule has 0 aromatic heterocycles. The molecule has 0 radical (unpaired) electrons. The molecule has 0 saturated carbocycles. The molecule has 0 bridgehead atoms. The fourth-order valence-electron chi connectivity index (χ4n) is 1.54. The van der Waals surface area contributed by atoms with Gasteiger partial charge in [-0.15, -0.1) is 0 Å². The van der Waals surface area contributed by atoms with Gasteiger partial charge in [-0.2, -0.15) is 25.3 Å². The molecule has 0 saturated heterocycles. The minimum atomic E-state index is -4.62. The van der Waals surface area contributed by atoms with E-state index in [1.54, 1.807) is 0 Å². The lowest BCUT2D eigenvalue weighted by Crippen LogP contribution is -2.06. The van der Waals surface area contributed by atoms with Crippen molar-refractivity contribution in [3.8, 4) is 0 Å². The lowest BCUT2D eigenvalue weighted by Gasteiger charge is -2.03. The number of hydrogen-bond donors (Lipinski definition) is 5. The second-order valence-electron chi connectivity index (χ2n) is 4.69. The maximum absolute atomic E-state index is 10.7. The van der Waals surface area contributed by atoms with E-state index in [1.807, 2.05) is 0 Å². The van der Waals surface area contributed by atoms with E-state index in [2.05, 4.69) is 0 Å². The van der Waals surface area contributed by atoms with Crippen LogP contribution in [0.25, 0.3) is 0 Å². The summed E-state index contributed by atoms with van der Waals surface area (Å²) in [4.78, 5) is -1.58. The molecule has 0 aliphatic heterocycles. The molecule has 144 valence electrons. The van der Waals surface area contributed by atoms with Crippen LogP contribution in [0.15, 0.2) is 57.2 Å². The van der Waals surface area contributed by atoms with Crippen LogP contribution in [0.1, 0.15) is 0 Å². The van der Waals surface area contributed by atoms with Gasteiger partial charge in [-0.1, -0.05) is 0 Å². The van der Waals surface area contributed by atoms with Crippen LogP contribution in [0.2, 0.25) is 0 Å². The zero-order valence-electron chi connectivity index (χ0n) is 12.7. The summed E-state index contributed by atoms with van der Waals surface area (Å²) < 4.78 is 89.5. The molecule has 2 aromatic carbocycles. The molecule has 0 amide bonds. The van der Waals surface area contributed by atoms with Crippen LogP contribution < -0.4 is 11.5 Å².